The number of benzene rings is 1. The second-order valence-electron chi connectivity index (χ2n) is 6.32. The van der Waals surface area contributed by atoms with Gasteiger partial charge in [-0.1, -0.05) is 57.0 Å². The molecule has 0 bridgehead atoms. The average Bonchev–Trinajstić information content (AvgIpc) is 3.26. The van der Waals surface area contributed by atoms with Gasteiger partial charge < -0.3 is 0 Å². The van der Waals surface area contributed by atoms with Crippen LogP contribution in [0, 0.1) is 11.8 Å². The smallest absolute Gasteiger partial charge is 0.0444 e. The van der Waals surface area contributed by atoms with Crippen molar-refractivity contribution in [3.8, 4) is 0 Å². The number of hydrogen-bond donors (Lipinski definition) is 0. The molecule has 0 aromatic heterocycles. The van der Waals surface area contributed by atoms with Crippen LogP contribution in [0.3, 0.4) is 0 Å². The van der Waals surface area contributed by atoms with Gasteiger partial charge in [0.2, 0.25) is 0 Å². The Morgan fingerprint density at radius 3 is 2.65 bits per heavy atom. The zero-order valence-corrected chi connectivity index (χ0v) is 13.7. The molecule has 1 aromatic carbocycles. The molecule has 0 radical (unpaired) electrons. The van der Waals surface area contributed by atoms with Crippen LogP contribution >= 0.6 is 11.6 Å². The van der Waals surface area contributed by atoms with Gasteiger partial charge in [0.25, 0.3) is 0 Å². The molecular formula is C19H27Cl. The first-order valence-electron chi connectivity index (χ1n) is 8.09. The van der Waals surface area contributed by atoms with E-state index < -0.39 is 0 Å². The predicted molar refractivity (Wildman–Crippen MR) is 90.4 cm³/mol. The van der Waals surface area contributed by atoms with Crippen LogP contribution in [0.1, 0.15) is 62.6 Å². The second kappa shape index (κ2) is 7.31. The Hall–Kier alpha value is -0.750. The van der Waals surface area contributed by atoms with Crippen LogP contribution in [0.25, 0.3) is 6.08 Å². The van der Waals surface area contributed by atoms with E-state index in [0.717, 1.165) is 23.3 Å². The molecule has 0 N–H and O–H groups in total. The van der Waals surface area contributed by atoms with Crippen molar-refractivity contribution < 1.29 is 0 Å². The van der Waals surface area contributed by atoms with Gasteiger partial charge in [0.1, 0.15) is 0 Å². The maximum absolute atomic E-state index is 6.42. The zero-order valence-electron chi connectivity index (χ0n) is 12.9. The molecule has 1 aliphatic carbocycles. The first kappa shape index (κ1) is 15.6. The second-order valence-corrected chi connectivity index (χ2v) is 6.73. The van der Waals surface area contributed by atoms with Crippen LogP contribution in [-0.2, 0) is 12.8 Å². The monoisotopic (exact) mass is 290 g/mol. The Morgan fingerprint density at radius 2 is 2.05 bits per heavy atom. The molecule has 20 heavy (non-hydrogen) atoms. The van der Waals surface area contributed by atoms with E-state index in [1.54, 1.807) is 0 Å². The highest BCUT2D eigenvalue weighted by Gasteiger charge is 2.28. The Labute approximate surface area is 129 Å². The van der Waals surface area contributed by atoms with Crippen molar-refractivity contribution in [2.24, 2.45) is 11.8 Å². The van der Waals surface area contributed by atoms with E-state index >= 15 is 0 Å². The lowest BCUT2D eigenvalue weighted by Gasteiger charge is -2.15. The van der Waals surface area contributed by atoms with E-state index in [2.05, 4.69) is 32.6 Å². The van der Waals surface area contributed by atoms with E-state index in [1.807, 2.05) is 6.08 Å². The molecule has 0 aliphatic heterocycles. The number of hydrogen-bond acceptors (Lipinski definition) is 0. The summed E-state index contributed by atoms with van der Waals surface area (Å²) in [6.45, 7) is 8.57. The number of aryl methyl sites for hydroxylation is 1. The minimum atomic E-state index is 0.790. The summed E-state index contributed by atoms with van der Waals surface area (Å²) < 4.78 is 0. The highest BCUT2D eigenvalue weighted by atomic mass is 35.5. The van der Waals surface area contributed by atoms with Gasteiger partial charge in [-0.25, -0.2) is 0 Å². The first-order valence-corrected chi connectivity index (χ1v) is 8.47. The summed E-state index contributed by atoms with van der Waals surface area (Å²) in [6.07, 6.45) is 10.8. The highest BCUT2D eigenvalue weighted by Crippen LogP contribution is 2.39. The largest absolute Gasteiger partial charge is 0.0985 e. The van der Waals surface area contributed by atoms with Gasteiger partial charge in [0.05, 0.1) is 0 Å². The van der Waals surface area contributed by atoms with Crippen LogP contribution < -0.4 is 0 Å². The fourth-order valence-corrected chi connectivity index (χ4v) is 3.25. The minimum Gasteiger partial charge on any atom is -0.0985 e. The van der Waals surface area contributed by atoms with Crippen LogP contribution in [-0.4, -0.2) is 0 Å². The molecule has 1 heteroatoms. The third-order valence-electron chi connectivity index (χ3n) is 4.55. The number of halogens is 1. The standard InChI is InChI=1S/C19H27Cl/c1-4-6-7-8-17-12-18(11-14(3)16-9-10-16)15(5-2)13-19(17)20/h5,12-14,16H,2,4,6-11H2,1,3H3. The maximum Gasteiger partial charge on any atom is 0.0444 e. The summed E-state index contributed by atoms with van der Waals surface area (Å²) in [7, 11) is 0. The molecule has 1 unspecified atom stereocenters. The third kappa shape index (κ3) is 4.12. The summed E-state index contributed by atoms with van der Waals surface area (Å²) in [4.78, 5) is 0. The van der Waals surface area contributed by atoms with Crippen molar-refractivity contribution in [1.29, 1.82) is 0 Å². The van der Waals surface area contributed by atoms with Gasteiger partial charge >= 0.3 is 0 Å². The Balaban J connectivity index is 2.14. The lowest BCUT2D eigenvalue weighted by molar-refractivity contribution is 0.506. The van der Waals surface area contributed by atoms with E-state index in [4.69, 9.17) is 11.6 Å². The van der Waals surface area contributed by atoms with Gasteiger partial charge in [-0.3, -0.25) is 0 Å². The van der Waals surface area contributed by atoms with Crippen molar-refractivity contribution in [3.05, 3.63) is 40.4 Å². The van der Waals surface area contributed by atoms with Gasteiger partial charge in [-0.15, -0.1) is 0 Å². The molecule has 0 spiro atoms. The zero-order chi connectivity index (χ0) is 14.5. The Kier molecular flexibility index (Phi) is 5.72. The molecule has 110 valence electrons. The third-order valence-corrected chi connectivity index (χ3v) is 4.90. The van der Waals surface area contributed by atoms with E-state index in [9.17, 15) is 0 Å². The van der Waals surface area contributed by atoms with Crippen molar-refractivity contribution >= 4 is 17.7 Å². The first-order chi connectivity index (χ1) is 9.65. The molecule has 0 amide bonds. The SMILES string of the molecule is C=Cc1cc(Cl)c(CCCCC)cc1CC(C)C1CC1. The summed E-state index contributed by atoms with van der Waals surface area (Å²) in [5.41, 5.74) is 3.99. The molecule has 1 fully saturated rings. The quantitative estimate of drug-likeness (QED) is 0.493. The van der Waals surface area contributed by atoms with E-state index in [1.165, 1.54) is 55.2 Å². The van der Waals surface area contributed by atoms with Gasteiger partial charge in [0, 0.05) is 5.02 Å². The normalized spacial score (nSPS) is 16.1. The maximum atomic E-state index is 6.42. The van der Waals surface area contributed by atoms with Crippen molar-refractivity contribution in [1.82, 2.24) is 0 Å². The Morgan fingerprint density at radius 1 is 1.30 bits per heavy atom. The molecule has 1 atom stereocenters. The molecule has 1 aromatic rings. The number of unbranched alkanes of at least 4 members (excludes halogenated alkanes) is 2. The topological polar surface area (TPSA) is 0 Å². The van der Waals surface area contributed by atoms with Crippen LogP contribution in [0.5, 0.6) is 0 Å². The summed E-state index contributed by atoms with van der Waals surface area (Å²) >= 11 is 6.42. The predicted octanol–water partition coefficient (Wildman–Crippen LogP) is 6.30. The summed E-state index contributed by atoms with van der Waals surface area (Å²) in [5, 5.41) is 0.916. The highest BCUT2D eigenvalue weighted by molar-refractivity contribution is 6.31. The average molecular weight is 291 g/mol. The van der Waals surface area contributed by atoms with Gasteiger partial charge in [-0.2, -0.15) is 0 Å². The molecule has 1 aliphatic rings. The van der Waals surface area contributed by atoms with Crippen LogP contribution in [0.2, 0.25) is 5.02 Å². The summed E-state index contributed by atoms with van der Waals surface area (Å²) in [5.74, 6) is 1.74. The molecule has 2 rings (SSSR count). The van der Waals surface area contributed by atoms with Gasteiger partial charge in [0.15, 0.2) is 0 Å². The molecular weight excluding hydrogens is 264 g/mol. The van der Waals surface area contributed by atoms with Crippen LogP contribution in [0.15, 0.2) is 18.7 Å². The molecule has 0 saturated heterocycles. The van der Waals surface area contributed by atoms with Gasteiger partial charge in [-0.05, 0) is 66.7 Å². The minimum absolute atomic E-state index is 0.790. The fourth-order valence-electron chi connectivity index (χ4n) is 2.99. The van der Waals surface area contributed by atoms with E-state index in [0.29, 0.717) is 0 Å². The van der Waals surface area contributed by atoms with Crippen molar-refractivity contribution in [3.63, 3.8) is 0 Å². The van der Waals surface area contributed by atoms with Crippen molar-refractivity contribution in [2.75, 3.05) is 0 Å². The fraction of sp³-hybridized carbons (Fsp3) is 0.579. The molecule has 1 saturated carbocycles. The molecule has 0 heterocycles. The van der Waals surface area contributed by atoms with Crippen LogP contribution in [0.4, 0.5) is 0 Å². The molecule has 0 nitrogen and oxygen atoms in total. The lowest BCUT2D eigenvalue weighted by atomic mass is 9.91. The summed E-state index contributed by atoms with van der Waals surface area (Å²) in [6, 6.07) is 4.46. The van der Waals surface area contributed by atoms with Crippen molar-refractivity contribution in [2.45, 2.75) is 58.8 Å². The lowest BCUT2D eigenvalue weighted by Crippen LogP contribution is -2.04. The number of rotatable bonds is 8. The Bertz CT molecular complexity index is 457. The van der Waals surface area contributed by atoms with E-state index in [-0.39, 0.29) is 0 Å².